The second-order valence-corrected chi connectivity index (χ2v) is 3.78. The predicted molar refractivity (Wildman–Crippen MR) is 59.3 cm³/mol. The molecule has 1 aromatic rings. The quantitative estimate of drug-likeness (QED) is 0.787. The van der Waals surface area contributed by atoms with E-state index >= 15 is 0 Å². The van der Waals surface area contributed by atoms with E-state index < -0.39 is 0 Å². The summed E-state index contributed by atoms with van der Waals surface area (Å²) in [6, 6.07) is 8.26. The molecule has 1 fully saturated rings. The molecule has 0 saturated carbocycles. The summed E-state index contributed by atoms with van der Waals surface area (Å²) in [4.78, 5) is 0. The molecule has 1 aliphatic heterocycles. The van der Waals surface area contributed by atoms with Crippen LogP contribution < -0.4 is 10.1 Å². The summed E-state index contributed by atoms with van der Waals surface area (Å²) in [7, 11) is 1.72. The molecule has 0 amide bonds. The molecule has 0 atom stereocenters. The highest BCUT2D eigenvalue weighted by atomic mass is 16.5. The number of methoxy groups -OCH3 is 1. The molecule has 2 rings (SSSR count). The summed E-state index contributed by atoms with van der Waals surface area (Å²) < 4.78 is 10.7. The molecule has 15 heavy (non-hydrogen) atoms. The predicted octanol–water partition coefficient (Wildman–Crippen LogP) is 1.23. The summed E-state index contributed by atoms with van der Waals surface area (Å²) in [5, 5.41) is 3.18. The van der Waals surface area contributed by atoms with Crippen LogP contribution in [-0.4, -0.2) is 32.9 Å². The average Bonchev–Trinajstić information content (AvgIpc) is 2.22. The van der Waals surface area contributed by atoms with Gasteiger partial charge < -0.3 is 14.8 Å². The van der Waals surface area contributed by atoms with Crippen LogP contribution in [0.1, 0.15) is 5.56 Å². The molecule has 1 aromatic carbocycles. The van der Waals surface area contributed by atoms with E-state index in [2.05, 4.69) is 17.4 Å². The van der Waals surface area contributed by atoms with Crippen molar-refractivity contribution < 1.29 is 9.47 Å². The lowest BCUT2D eigenvalue weighted by atomic mass is 10.1. The summed E-state index contributed by atoms with van der Waals surface area (Å²) in [5.74, 6) is 0.961. The molecule has 1 saturated heterocycles. The number of hydrogen-bond donors (Lipinski definition) is 1. The highest BCUT2D eigenvalue weighted by molar-refractivity contribution is 5.27. The topological polar surface area (TPSA) is 30.5 Å². The Kier molecular flexibility index (Phi) is 3.59. The Bertz CT molecular complexity index is 293. The first-order valence-corrected chi connectivity index (χ1v) is 5.34. The number of ether oxygens (including phenoxy) is 2. The van der Waals surface area contributed by atoms with E-state index in [0.29, 0.717) is 6.10 Å². The zero-order valence-corrected chi connectivity index (χ0v) is 9.03. The lowest BCUT2D eigenvalue weighted by Gasteiger charge is -2.27. The van der Waals surface area contributed by atoms with Crippen LogP contribution in [0.3, 0.4) is 0 Å². The molecule has 1 aliphatic rings. The molecule has 0 aliphatic carbocycles. The zero-order valence-electron chi connectivity index (χ0n) is 9.03. The van der Waals surface area contributed by atoms with Gasteiger partial charge in [0.25, 0.3) is 0 Å². The highest BCUT2D eigenvalue weighted by Gasteiger charge is 2.17. The van der Waals surface area contributed by atoms with Gasteiger partial charge in [0.15, 0.2) is 0 Å². The van der Waals surface area contributed by atoms with Gasteiger partial charge in [-0.15, -0.1) is 0 Å². The third-order valence-corrected chi connectivity index (χ3v) is 2.56. The summed E-state index contributed by atoms with van der Waals surface area (Å²) in [5.41, 5.74) is 1.29. The maximum absolute atomic E-state index is 5.72. The normalized spacial score (nSPS) is 16.1. The molecule has 3 nitrogen and oxygen atoms in total. The van der Waals surface area contributed by atoms with E-state index in [4.69, 9.17) is 9.47 Å². The summed E-state index contributed by atoms with van der Waals surface area (Å²) in [6.07, 6.45) is 1.32. The van der Waals surface area contributed by atoms with Crippen molar-refractivity contribution in [3.63, 3.8) is 0 Å². The van der Waals surface area contributed by atoms with Gasteiger partial charge in [0.05, 0.1) is 6.61 Å². The molecule has 0 unspecified atom stereocenters. The van der Waals surface area contributed by atoms with Crippen molar-refractivity contribution in [2.45, 2.75) is 12.5 Å². The number of rotatable bonds is 5. The van der Waals surface area contributed by atoms with Gasteiger partial charge in [0, 0.05) is 20.2 Å². The minimum absolute atomic E-state index is 0.356. The van der Waals surface area contributed by atoms with Gasteiger partial charge in [-0.1, -0.05) is 12.1 Å². The van der Waals surface area contributed by atoms with Crippen molar-refractivity contribution >= 4 is 0 Å². The van der Waals surface area contributed by atoms with Crippen LogP contribution in [-0.2, 0) is 11.2 Å². The lowest BCUT2D eigenvalue weighted by Crippen LogP contribution is -2.50. The van der Waals surface area contributed by atoms with Gasteiger partial charge in [-0.3, -0.25) is 0 Å². The van der Waals surface area contributed by atoms with Crippen LogP contribution in [0.5, 0.6) is 5.75 Å². The average molecular weight is 207 g/mol. The van der Waals surface area contributed by atoms with E-state index in [-0.39, 0.29) is 0 Å². The highest BCUT2D eigenvalue weighted by Crippen LogP contribution is 2.15. The van der Waals surface area contributed by atoms with Crippen LogP contribution in [0, 0.1) is 0 Å². The van der Waals surface area contributed by atoms with Crippen molar-refractivity contribution in [3.05, 3.63) is 29.8 Å². The van der Waals surface area contributed by atoms with E-state index in [1.54, 1.807) is 7.11 Å². The van der Waals surface area contributed by atoms with E-state index in [9.17, 15) is 0 Å². The molecular weight excluding hydrogens is 190 g/mol. The Hall–Kier alpha value is -1.06. The fraction of sp³-hybridized carbons (Fsp3) is 0.500. The Morgan fingerprint density at radius 3 is 2.53 bits per heavy atom. The monoisotopic (exact) mass is 207 g/mol. The molecule has 0 bridgehead atoms. The minimum atomic E-state index is 0.356. The first-order chi connectivity index (χ1) is 7.38. The largest absolute Gasteiger partial charge is 0.488 e. The summed E-state index contributed by atoms with van der Waals surface area (Å²) >= 11 is 0. The second kappa shape index (κ2) is 5.14. The number of nitrogens with one attached hydrogen (secondary N) is 1. The fourth-order valence-electron chi connectivity index (χ4n) is 1.49. The van der Waals surface area contributed by atoms with Gasteiger partial charge in [0.2, 0.25) is 0 Å². The molecule has 3 heteroatoms. The Labute approximate surface area is 90.4 Å². The molecule has 0 spiro atoms. The molecule has 1 N–H and O–H groups in total. The van der Waals surface area contributed by atoms with Gasteiger partial charge in [-0.05, 0) is 24.1 Å². The van der Waals surface area contributed by atoms with E-state index in [1.165, 1.54) is 5.56 Å². The third kappa shape index (κ3) is 2.94. The Balaban J connectivity index is 1.85. The zero-order chi connectivity index (χ0) is 10.5. The van der Waals surface area contributed by atoms with Crippen LogP contribution in [0.15, 0.2) is 24.3 Å². The van der Waals surface area contributed by atoms with Crippen molar-refractivity contribution in [2.75, 3.05) is 26.8 Å². The van der Waals surface area contributed by atoms with Crippen molar-refractivity contribution in [1.29, 1.82) is 0 Å². The van der Waals surface area contributed by atoms with Crippen molar-refractivity contribution in [2.24, 2.45) is 0 Å². The van der Waals surface area contributed by atoms with Crippen LogP contribution in [0.2, 0.25) is 0 Å². The Morgan fingerprint density at radius 2 is 2.00 bits per heavy atom. The minimum Gasteiger partial charge on any atom is -0.488 e. The van der Waals surface area contributed by atoms with E-state index in [0.717, 1.165) is 31.9 Å². The van der Waals surface area contributed by atoms with Gasteiger partial charge >= 0.3 is 0 Å². The second-order valence-electron chi connectivity index (χ2n) is 3.78. The van der Waals surface area contributed by atoms with Gasteiger partial charge in [0.1, 0.15) is 11.9 Å². The summed E-state index contributed by atoms with van der Waals surface area (Å²) in [6.45, 7) is 2.70. The molecule has 1 heterocycles. The Morgan fingerprint density at radius 1 is 1.27 bits per heavy atom. The third-order valence-electron chi connectivity index (χ3n) is 2.56. The molecular formula is C12H17NO2. The van der Waals surface area contributed by atoms with Crippen LogP contribution in [0.25, 0.3) is 0 Å². The van der Waals surface area contributed by atoms with Crippen molar-refractivity contribution in [3.8, 4) is 5.75 Å². The fourth-order valence-corrected chi connectivity index (χ4v) is 1.49. The first kappa shape index (κ1) is 10.5. The van der Waals surface area contributed by atoms with Gasteiger partial charge in [-0.2, -0.15) is 0 Å². The number of hydrogen-bond acceptors (Lipinski definition) is 3. The molecule has 0 aromatic heterocycles. The van der Waals surface area contributed by atoms with Gasteiger partial charge in [-0.25, -0.2) is 0 Å². The van der Waals surface area contributed by atoms with Crippen molar-refractivity contribution in [1.82, 2.24) is 5.32 Å². The molecule has 0 radical (unpaired) electrons. The first-order valence-electron chi connectivity index (χ1n) is 5.34. The SMILES string of the molecule is COCCc1ccc(OC2CNC2)cc1. The maximum Gasteiger partial charge on any atom is 0.123 e. The number of benzene rings is 1. The van der Waals surface area contributed by atoms with Crippen LogP contribution in [0.4, 0.5) is 0 Å². The lowest BCUT2D eigenvalue weighted by molar-refractivity contribution is 0.142. The smallest absolute Gasteiger partial charge is 0.123 e. The molecule has 82 valence electrons. The maximum atomic E-state index is 5.72. The standard InChI is InChI=1S/C12H17NO2/c1-14-7-6-10-2-4-11(5-3-10)15-12-8-13-9-12/h2-5,12-13H,6-9H2,1H3. The van der Waals surface area contributed by atoms with Crippen LogP contribution >= 0.6 is 0 Å². The van der Waals surface area contributed by atoms with E-state index in [1.807, 2.05) is 12.1 Å².